The molecule has 0 unspecified atom stereocenters. The van der Waals surface area contributed by atoms with Crippen LogP contribution in [0.4, 0.5) is 0 Å². The van der Waals surface area contributed by atoms with E-state index in [4.69, 9.17) is 5.73 Å². The first kappa shape index (κ1) is 13.3. The molecule has 2 aromatic carbocycles. The Kier molecular flexibility index (Phi) is 3.36. The maximum absolute atomic E-state index is 12.7. The van der Waals surface area contributed by atoms with Crippen molar-refractivity contribution in [1.82, 2.24) is 0 Å². The Bertz CT molecular complexity index is 683. The summed E-state index contributed by atoms with van der Waals surface area (Å²) in [5.74, 6) is 0.0361. The van der Waals surface area contributed by atoms with Gasteiger partial charge in [0, 0.05) is 5.92 Å². The Morgan fingerprint density at radius 1 is 0.900 bits per heavy atom. The van der Waals surface area contributed by atoms with Gasteiger partial charge >= 0.3 is 0 Å². The summed E-state index contributed by atoms with van der Waals surface area (Å²) in [5.41, 5.74) is 6.82. The molecule has 0 aliphatic heterocycles. The topological polar surface area (TPSA) is 60.2 Å². The van der Waals surface area contributed by atoms with Gasteiger partial charge in [-0.05, 0) is 30.2 Å². The van der Waals surface area contributed by atoms with E-state index in [0.717, 1.165) is 5.56 Å². The molecular weight excluding hydrogens is 270 g/mol. The fourth-order valence-electron chi connectivity index (χ4n) is 2.93. The van der Waals surface area contributed by atoms with E-state index in [2.05, 4.69) is 0 Å². The molecule has 0 aromatic heterocycles. The average molecular weight is 287 g/mol. The van der Waals surface area contributed by atoms with E-state index in [1.165, 1.54) is 0 Å². The Labute approximate surface area is 119 Å². The second-order valence-electron chi connectivity index (χ2n) is 5.16. The van der Waals surface area contributed by atoms with E-state index in [9.17, 15) is 8.42 Å². The van der Waals surface area contributed by atoms with E-state index in [1.54, 1.807) is 24.3 Å². The third kappa shape index (κ3) is 2.15. The minimum atomic E-state index is -3.30. The lowest BCUT2D eigenvalue weighted by molar-refractivity contribution is 0.591. The molecule has 0 bridgehead atoms. The summed E-state index contributed by atoms with van der Waals surface area (Å²) in [4.78, 5) is 0.391. The van der Waals surface area contributed by atoms with Crippen molar-refractivity contribution in [3.8, 4) is 0 Å². The highest BCUT2D eigenvalue weighted by Crippen LogP contribution is 2.53. The average Bonchev–Trinajstić information content (AvgIpc) is 3.24. The standard InChI is InChI=1S/C16H17NO2S/c17-11-14-15(12-7-3-1-4-8-12)16(14)20(18,19)13-9-5-2-6-10-13/h1-10,14-16H,11,17H2/t14-,15+,16-/m1/s1. The molecule has 20 heavy (non-hydrogen) atoms. The molecule has 3 rings (SSSR count). The quantitative estimate of drug-likeness (QED) is 0.938. The van der Waals surface area contributed by atoms with Crippen molar-refractivity contribution < 1.29 is 8.42 Å². The van der Waals surface area contributed by atoms with E-state index in [1.807, 2.05) is 36.4 Å². The summed E-state index contributed by atoms with van der Waals surface area (Å²) in [6, 6.07) is 18.4. The summed E-state index contributed by atoms with van der Waals surface area (Å²) >= 11 is 0. The fourth-order valence-corrected chi connectivity index (χ4v) is 5.17. The highest BCUT2D eigenvalue weighted by Gasteiger charge is 2.57. The molecule has 3 nitrogen and oxygen atoms in total. The fraction of sp³-hybridized carbons (Fsp3) is 0.250. The van der Waals surface area contributed by atoms with Gasteiger partial charge in [-0.3, -0.25) is 0 Å². The van der Waals surface area contributed by atoms with Crippen molar-refractivity contribution in [2.45, 2.75) is 16.1 Å². The zero-order valence-electron chi connectivity index (χ0n) is 11.0. The van der Waals surface area contributed by atoms with Crippen LogP contribution in [0, 0.1) is 5.92 Å². The first-order valence-corrected chi connectivity index (χ1v) is 8.25. The molecule has 3 atom stereocenters. The normalized spacial score (nSPS) is 25.4. The van der Waals surface area contributed by atoms with Crippen LogP contribution in [0.5, 0.6) is 0 Å². The van der Waals surface area contributed by atoms with Crippen LogP contribution in [0.3, 0.4) is 0 Å². The molecule has 0 radical (unpaired) electrons. The maximum atomic E-state index is 12.7. The molecule has 0 amide bonds. The third-order valence-corrected chi connectivity index (χ3v) is 6.27. The lowest BCUT2D eigenvalue weighted by Crippen LogP contribution is -2.13. The Morgan fingerprint density at radius 3 is 2.00 bits per heavy atom. The van der Waals surface area contributed by atoms with Gasteiger partial charge in [-0.15, -0.1) is 0 Å². The lowest BCUT2D eigenvalue weighted by Gasteiger charge is -2.04. The van der Waals surface area contributed by atoms with Crippen LogP contribution in [0.25, 0.3) is 0 Å². The second kappa shape index (κ2) is 5.04. The van der Waals surface area contributed by atoms with Crippen LogP contribution in [-0.2, 0) is 9.84 Å². The zero-order chi connectivity index (χ0) is 14.2. The van der Waals surface area contributed by atoms with Crippen LogP contribution < -0.4 is 5.73 Å². The van der Waals surface area contributed by atoms with Gasteiger partial charge in [0.05, 0.1) is 10.1 Å². The largest absolute Gasteiger partial charge is 0.330 e. The van der Waals surface area contributed by atoms with Gasteiger partial charge < -0.3 is 5.73 Å². The van der Waals surface area contributed by atoms with E-state index < -0.39 is 15.1 Å². The van der Waals surface area contributed by atoms with Crippen molar-refractivity contribution in [2.75, 3.05) is 6.54 Å². The summed E-state index contributed by atoms with van der Waals surface area (Å²) < 4.78 is 25.4. The molecule has 1 aliphatic carbocycles. The van der Waals surface area contributed by atoms with Crippen LogP contribution >= 0.6 is 0 Å². The predicted molar refractivity (Wildman–Crippen MR) is 79.1 cm³/mol. The Hall–Kier alpha value is -1.65. The van der Waals surface area contributed by atoms with Gasteiger partial charge in [-0.2, -0.15) is 0 Å². The van der Waals surface area contributed by atoms with Gasteiger partial charge in [0.15, 0.2) is 9.84 Å². The number of benzene rings is 2. The number of sulfone groups is 1. The Morgan fingerprint density at radius 2 is 1.45 bits per heavy atom. The van der Waals surface area contributed by atoms with Crippen molar-refractivity contribution in [2.24, 2.45) is 11.7 Å². The minimum Gasteiger partial charge on any atom is -0.330 e. The number of hydrogen-bond donors (Lipinski definition) is 1. The lowest BCUT2D eigenvalue weighted by atomic mass is 10.1. The van der Waals surface area contributed by atoms with Crippen LogP contribution in [-0.4, -0.2) is 20.2 Å². The van der Waals surface area contributed by atoms with Gasteiger partial charge in [-0.25, -0.2) is 8.42 Å². The van der Waals surface area contributed by atoms with Crippen LogP contribution in [0.15, 0.2) is 65.6 Å². The molecule has 4 heteroatoms. The molecular formula is C16H17NO2S. The smallest absolute Gasteiger partial charge is 0.182 e. The third-order valence-electron chi connectivity index (χ3n) is 3.98. The highest BCUT2D eigenvalue weighted by atomic mass is 32.2. The summed E-state index contributed by atoms with van der Waals surface area (Å²) in [7, 11) is -3.30. The van der Waals surface area contributed by atoms with E-state index >= 15 is 0 Å². The molecule has 0 spiro atoms. The van der Waals surface area contributed by atoms with Crippen molar-refractivity contribution in [3.05, 3.63) is 66.2 Å². The van der Waals surface area contributed by atoms with E-state index in [0.29, 0.717) is 11.4 Å². The number of hydrogen-bond acceptors (Lipinski definition) is 3. The number of nitrogens with two attached hydrogens (primary N) is 1. The molecule has 0 saturated heterocycles. The molecule has 2 aromatic rings. The summed E-state index contributed by atoms with van der Waals surface area (Å²) in [6.07, 6.45) is 0. The predicted octanol–water partition coefficient (Wildman–Crippen LogP) is 2.20. The zero-order valence-corrected chi connectivity index (χ0v) is 11.8. The first-order chi connectivity index (χ1) is 9.66. The monoisotopic (exact) mass is 287 g/mol. The summed E-state index contributed by atoms with van der Waals surface area (Å²) in [5, 5.41) is -0.391. The molecule has 1 fully saturated rings. The highest BCUT2D eigenvalue weighted by molar-refractivity contribution is 7.92. The van der Waals surface area contributed by atoms with Gasteiger partial charge in [0.25, 0.3) is 0 Å². The SMILES string of the molecule is NC[C@@H]1[C@H](c2ccccc2)[C@@H]1S(=O)(=O)c1ccccc1. The van der Waals surface area contributed by atoms with Crippen LogP contribution in [0.1, 0.15) is 11.5 Å². The maximum Gasteiger partial charge on any atom is 0.182 e. The van der Waals surface area contributed by atoms with Gasteiger partial charge in [0.2, 0.25) is 0 Å². The van der Waals surface area contributed by atoms with Gasteiger partial charge in [-0.1, -0.05) is 48.5 Å². The number of rotatable bonds is 4. The second-order valence-corrected chi connectivity index (χ2v) is 7.26. The van der Waals surface area contributed by atoms with Gasteiger partial charge in [0.1, 0.15) is 0 Å². The molecule has 1 saturated carbocycles. The molecule has 2 N–H and O–H groups in total. The van der Waals surface area contributed by atoms with Crippen molar-refractivity contribution in [1.29, 1.82) is 0 Å². The first-order valence-electron chi connectivity index (χ1n) is 6.70. The van der Waals surface area contributed by atoms with E-state index in [-0.39, 0.29) is 11.8 Å². The molecule has 1 aliphatic rings. The van der Waals surface area contributed by atoms with Crippen molar-refractivity contribution in [3.63, 3.8) is 0 Å². The summed E-state index contributed by atoms with van der Waals surface area (Å²) in [6.45, 7) is 0.399. The molecule has 104 valence electrons. The Balaban J connectivity index is 1.95. The van der Waals surface area contributed by atoms with Crippen LogP contribution in [0.2, 0.25) is 0 Å². The minimum absolute atomic E-state index is 0.0163. The van der Waals surface area contributed by atoms with Crippen molar-refractivity contribution >= 4 is 9.84 Å². The molecule has 0 heterocycles.